The Morgan fingerprint density at radius 3 is 2.76 bits per heavy atom. The van der Waals surface area contributed by atoms with Gasteiger partial charge in [-0.3, -0.25) is 9.69 Å². The number of carboxylic acids is 1. The van der Waals surface area contributed by atoms with Gasteiger partial charge in [0.15, 0.2) is 0 Å². The van der Waals surface area contributed by atoms with Crippen molar-refractivity contribution < 1.29 is 9.90 Å². The molecule has 1 aromatic rings. The lowest BCUT2D eigenvalue weighted by atomic mass is 10.0. The van der Waals surface area contributed by atoms with E-state index in [9.17, 15) is 4.79 Å². The summed E-state index contributed by atoms with van der Waals surface area (Å²) < 4.78 is 0. The molecule has 0 saturated heterocycles. The third-order valence-corrected chi connectivity index (χ3v) is 3.71. The minimum atomic E-state index is -0.717. The van der Waals surface area contributed by atoms with Crippen LogP contribution < -0.4 is 0 Å². The minimum absolute atomic E-state index is 0.227. The molecule has 0 bridgehead atoms. The van der Waals surface area contributed by atoms with Crippen LogP contribution in [-0.4, -0.2) is 22.0 Å². The maximum Gasteiger partial charge on any atom is 0.303 e. The first-order valence-electron chi connectivity index (χ1n) is 6.29. The Morgan fingerprint density at radius 1 is 1.29 bits per heavy atom. The number of aryl methyl sites for hydroxylation is 1. The lowest BCUT2D eigenvalue weighted by molar-refractivity contribution is -0.136. The predicted octanol–water partition coefficient (Wildman–Crippen LogP) is 2.18. The van der Waals surface area contributed by atoms with Crippen molar-refractivity contribution in [3.63, 3.8) is 0 Å². The van der Waals surface area contributed by atoms with E-state index in [-0.39, 0.29) is 6.42 Å². The number of hydrogen-bond acceptors (Lipinski definition) is 2. The molecule has 1 N–H and O–H groups in total. The van der Waals surface area contributed by atoms with Crippen molar-refractivity contribution in [3.05, 3.63) is 34.9 Å². The summed E-state index contributed by atoms with van der Waals surface area (Å²) in [5.74, 6) is -0.717. The highest BCUT2D eigenvalue weighted by molar-refractivity contribution is 5.67. The summed E-state index contributed by atoms with van der Waals surface area (Å²) in [6, 6.07) is 7.26. The van der Waals surface area contributed by atoms with Crippen LogP contribution in [0.2, 0.25) is 0 Å². The maximum absolute atomic E-state index is 10.5. The van der Waals surface area contributed by atoms with Gasteiger partial charge in [-0.05, 0) is 36.0 Å². The van der Waals surface area contributed by atoms with Crippen LogP contribution in [0.15, 0.2) is 18.2 Å². The SMILES string of the molecule is O=C(O)CCc1ccc2c(c1)CN(C1CC1)C2. The van der Waals surface area contributed by atoms with E-state index in [4.69, 9.17) is 5.11 Å². The van der Waals surface area contributed by atoms with Crippen molar-refractivity contribution in [2.45, 2.75) is 44.8 Å². The van der Waals surface area contributed by atoms with Gasteiger partial charge < -0.3 is 5.11 Å². The smallest absolute Gasteiger partial charge is 0.303 e. The van der Waals surface area contributed by atoms with Crippen molar-refractivity contribution in [1.82, 2.24) is 4.90 Å². The zero-order valence-corrected chi connectivity index (χ0v) is 9.85. The Morgan fingerprint density at radius 2 is 2.06 bits per heavy atom. The molecule has 0 unspecified atom stereocenters. The standard InChI is InChI=1S/C14H17NO2/c16-14(17)6-2-10-1-3-11-8-15(13-4-5-13)9-12(11)7-10/h1,3,7,13H,2,4-6,8-9H2,(H,16,17). The first kappa shape index (κ1) is 10.8. The fraction of sp³-hybridized carbons (Fsp3) is 0.500. The van der Waals surface area contributed by atoms with Crippen LogP contribution >= 0.6 is 0 Å². The number of nitrogens with zero attached hydrogens (tertiary/aromatic N) is 1. The average Bonchev–Trinajstić information content (AvgIpc) is 3.06. The number of carbonyl (C=O) groups is 1. The first-order chi connectivity index (χ1) is 8.22. The van der Waals surface area contributed by atoms with E-state index in [1.54, 1.807) is 0 Å². The molecule has 17 heavy (non-hydrogen) atoms. The van der Waals surface area contributed by atoms with Gasteiger partial charge in [0.1, 0.15) is 0 Å². The molecule has 0 spiro atoms. The minimum Gasteiger partial charge on any atom is -0.481 e. The van der Waals surface area contributed by atoms with Gasteiger partial charge in [-0.25, -0.2) is 0 Å². The molecule has 1 aliphatic heterocycles. The molecular formula is C14H17NO2. The third-order valence-electron chi connectivity index (χ3n) is 3.71. The van der Waals surface area contributed by atoms with Gasteiger partial charge in [0.2, 0.25) is 0 Å². The highest BCUT2D eigenvalue weighted by atomic mass is 16.4. The van der Waals surface area contributed by atoms with Crippen LogP contribution in [0.1, 0.15) is 36.0 Å². The molecular weight excluding hydrogens is 214 g/mol. The zero-order chi connectivity index (χ0) is 11.8. The molecule has 0 atom stereocenters. The number of carboxylic acid groups (broad SMARTS) is 1. The molecule has 2 aliphatic rings. The van der Waals surface area contributed by atoms with E-state index in [1.165, 1.54) is 24.0 Å². The van der Waals surface area contributed by atoms with Gasteiger partial charge in [-0.1, -0.05) is 18.2 Å². The Kier molecular flexibility index (Phi) is 2.63. The molecule has 1 fully saturated rings. The zero-order valence-electron chi connectivity index (χ0n) is 9.85. The number of aliphatic carboxylic acids is 1. The van der Waals surface area contributed by atoms with Gasteiger partial charge in [0.05, 0.1) is 0 Å². The van der Waals surface area contributed by atoms with Crippen molar-refractivity contribution >= 4 is 5.97 Å². The number of benzene rings is 1. The average molecular weight is 231 g/mol. The van der Waals surface area contributed by atoms with E-state index in [0.717, 1.165) is 24.7 Å². The first-order valence-corrected chi connectivity index (χ1v) is 6.29. The summed E-state index contributed by atoms with van der Waals surface area (Å²) in [7, 11) is 0. The van der Waals surface area contributed by atoms with Crippen molar-refractivity contribution in [3.8, 4) is 0 Å². The molecule has 0 amide bonds. The Hall–Kier alpha value is -1.35. The quantitative estimate of drug-likeness (QED) is 0.863. The van der Waals surface area contributed by atoms with Crippen LogP contribution in [0.5, 0.6) is 0 Å². The Balaban J connectivity index is 1.70. The van der Waals surface area contributed by atoms with Crippen LogP contribution in [0, 0.1) is 0 Å². The molecule has 1 aromatic carbocycles. The van der Waals surface area contributed by atoms with E-state index >= 15 is 0 Å². The predicted molar refractivity (Wildman–Crippen MR) is 64.7 cm³/mol. The third kappa shape index (κ3) is 2.34. The fourth-order valence-electron chi connectivity index (χ4n) is 2.58. The van der Waals surface area contributed by atoms with E-state index < -0.39 is 5.97 Å². The summed E-state index contributed by atoms with van der Waals surface area (Å²) in [4.78, 5) is 13.1. The number of rotatable bonds is 4. The van der Waals surface area contributed by atoms with Crippen LogP contribution in [0.4, 0.5) is 0 Å². The molecule has 1 saturated carbocycles. The molecule has 1 aliphatic carbocycles. The molecule has 90 valence electrons. The van der Waals surface area contributed by atoms with E-state index in [0.29, 0.717) is 6.42 Å². The molecule has 3 rings (SSSR count). The van der Waals surface area contributed by atoms with Gasteiger partial charge in [-0.2, -0.15) is 0 Å². The molecule has 1 heterocycles. The summed E-state index contributed by atoms with van der Waals surface area (Å²) in [5, 5.41) is 8.68. The monoisotopic (exact) mass is 231 g/mol. The molecule has 0 aromatic heterocycles. The van der Waals surface area contributed by atoms with Crippen molar-refractivity contribution in [1.29, 1.82) is 0 Å². The van der Waals surface area contributed by atoms with E-state index in [1.807, 2.05) is 0 Å². The second kappa shape index (κ2) is 4.15. The molecule has 3 nitrogen and oxygen atoms in total. The number of hydrogen-bond donors (Lipinski definition) is 1. The lowest BCUT2D eigenvalue weighted by Gasteiger charge is -2.11. The summed E-state index contributed by atoms with van der Waals surface area (Å²) >= 11 is 0. The maximum atomic E-state index is 10.5. The van der Waals surface area contributed by atoms with E-state index in [2.05, 4.69) is 23.1 Å². The summed E-state index contributed by atoms with van der Waals surface area (Å²) in [6.45, 7) is 2.14. The van der Waals surface area contributed by atoms with Gasteiger partial charge in [-0.15, -0.1) is 0 Å². The molecule has 3 heteroatoms. The van der Waals surface area contributed by atoms with Crippen LogP contribution in [-0.2, 0) is 24.3 Å². The van der Waals surface area contributed by atoms with Crippen LogP contribution in [0.25, 0.3) is 0 Å². The Labute approximate surface area is 101 Å². The second-order valence-corrected chi connectivity index (χ2v) is 5.13. The van der Waals surface area contributed by atoms with Gasteiger partial charge in [0.25, 0.3) is 0 Å². The van der Waals surface area contributed by atoms with Gasteiger partial charge in [0, 0.05) is 25.6 Å². The largest absolute Gasteiger partial charge is 0.481 e. The lowest BCUT2D eigenvalue weighted by Crippen LogP contribution is -2.18. The van der Waals surface area contributed by atoms with Crippen molar-refractivity contribution in [2.24, 2.45) is 0 Å². The molecule has 0 radical (unpaired) electrons. The summed E-state index contributed by atoms with van der Waals surface area (Å²) in [5.41, 5.74) is 3.99. The van der Waals surface area contributed by atoms with Crippen molar-refractivity contribution in [2.75, 3.05) is 0 Å². The normalized spacial score (nSPS) is 19.3. The number of fused-ring (bicyclic) bond motifs is 1. The summed E-state index contributed by atoms with van der Waals surface area (Å²) in [6.07, 6.45) is 3.57. The highest BCUT2D eigenvalue weighted by Crippen LogP contribution is 2.34. The highest BCUT2D eigenvalue weighted by Gasteiger charge is 2.32. The fourth-order valence-corrected chi connectivity index (χ4v) is 2.58. The topological polar surface area (TPSA) is 40.5 Å². The van der Waals surface area contributed by atoms with Gasteiger partial charge >= 0.3 is 5.97 Å². The Bertz CT molecular complexity index is 452. The second-order valence-electron chi connectivity index (χ2n) is 5.13. The van der Waals surface area contributed by atoms with Crippen LogP contribution in [0.3, 0.4) is 0 Å².